The molecular weight excluding hydrogens is 810 g/mol. The van der Waals surface area contributed by atoms with E-state index in [1.165, 1.54) is 23.0 Å². The Bertz CT molecular complexity index is 2480. The van der Waals surface area contributed by atoms with Gasteiger partial charge in [0, 0.05) is 70.5 Å². The van der Waals surface area contributed by atoms with Crippen LogP contribution in [-0.2, 0) is 39.6 Å². The van der Waals surface area contributed by atoms with Crippen LogP contribution in [0.4, 0.5) is 0 Å². The molecule has 0 N–H and O–H groups in total. The van der Waals surface area contributed by atoms with Crippen LogP contribution in [0.2, 0.25) is 23.2 Å². The molecule has 7 rings (SSSR count). The van der Waals surface area contributed by atoms with E-state index in [0.29, 0.717) is 36.8 Å². The first-order valence-corrected chi connectivity index (χ1v) is 25.5. The van der Waals surface area contributed by atoms with E-state index in [2.05, 4.69) is 92.6 Å². The number of carbonyl (C=O) groups is 1. The van der Waals surface area contributed by atoms with Gasteiger partial charge in [-0.15, -0.1) is 11.8 Å². The van der Waals surface area contributed by atoms with Gasteiger partial charge in [0.25, 0.3) is 8.32 Å². The molecular formula is C47H60ClN5O5SSi. The number of nitrogens with zero attached hydrogens (tertiary/aromatic N) is 5. The van der Waals surface area contributed by atoms with Gasteiger partial charge in [-0.2, -0.15) is 10.2 Å². The largest absolute Gasteiger partial charge is 0.543 e. The number of hydrogen-bond donors (Lipinski definition) is 0. The van der Waals surface area contributed by atoms with Crippen molar-refractivity contribution in [3.8, 4) is 17.0 Å². The third kappa shape index (κ3) is 9.38. The Morgan fingerprint density at radius 2 is 1.82 bits per heavy atom. The highest BCUT2D eigenvalue weighted by Crippen LogP contribution is 2.43. The van der Waals surface area contributed by atoms with Crippen molar-refractivity contribution in [3.63, 3.8) is 0 Å². The quantitative estimate of drug-likeness (QED) is 0.0411. The van der Waals surface area contributed by atoms with Crippen molar-refractivity contribution in [1.29, 1.82) is 0 Å². The summed E-state index contributed by atoms with van der Waals surface area (Å²) >= 11 is 8.93. The molecule has 1 aliphatic rings. The van der Waals surface area contributed by atoms with Crippen LogP contribution >= 0.6 is 23.4 Å². The molecule has 1 saturated heterocycles. The zero-order valence-electron chi connectivity index (χ0n) is 36.7. The zero-order chi connectivity index (χ0) is 42.8. The Hall–Kier alpha value is -4.07. The Kier molecular flexibility index (Phi) is 13.6. The minimum atomic E-state index is -2.03. The van der Waals surface area contributed by atoms with Crippen LogP contribution < -0.4 is 4.43 Å². The average molecular weight is 871 g/mol. The molecule has 3 aromatic carbocycles. The van der Waals surface area contributed by atoms with Crippen molar-refractivity contribution in [2.75, 3.05) is 20.3 Å². The number of thioether (sulfide) groups is 1. The lowest BCUT2D eigenvalue weighted by atomic mass is 9.99. The predicted octanol–water partition coefficient (Wildman–Crippen LogP) is 11.9. The second kappa shape index (κ2) is 18.5. The second-order valence-electron chi connectivity index (χ2n) is 17.5. The highest BCUT2D eigenvalue weighted by molar-refractivity contribution is 7.98. The van der Waals surface area contributed by atoms with Crippen LogP contribution in [0.25, 0.3) is 32.9 Å². The molecule has 0 aliphatic carbocycles. The smallest absolute Gasteiger partial charge is 0.354 e. The van der Waals surface area contributed by atoms with Gasteiger partial charge in [-0.05, 0) is 112 Å². The topological polar surface area (TPSA) is 94.6 Å². The standard InChI is InChI=1S/C47H60ClN5O5SSi/c1-31-33(3)50-53(44(31)43-38(48)19-20-39-42(43)32(2)45(46(54)55-7)52(39)22-15-25-57-41-18-12-13-24-56-41)23-14-21-51-29-34(28-49-51)30-59-36-26-35-16-10-11-17-37(35)40(27-36)58-60(8,9)47(4,5)6/h10-11,16-17,19-20,26-29,41H,12-15,18,21-25,30H2,1-9H3. The Balaban J connectivity index is 1.06. The number of ether oxygens (including phenoxy) is 3. The Labute approximate surface area is 365 Å². The molecule has 4 heterocycles. The van der Waals surface area contributed by atoms with Crippen LogP contribution in [0.3, 0.4) is 0 Å². The first-order valence-electron chi connectivity index (χ1n) is 21.2. The number of carbonyl (C=O) groups excluding carboxylic acids is 1. The maximum Gasteiger partial charge on any atom is 0.354 e. The van der Waals surface area contributed by atoms with E-state index in [9.17, 15) is 4.79 Å². The summed E-state index contributed by atoms with van der Waals surface area (Å²) in [5, 5.41) is 13.7. The lowest BCUT2D eigenvalue weighted by Crippen LogP contribution is -2.43. The van der Waals surface area contributed by atoms with E-state index in [1.54, 1.807) is 0 Å². The molecule has 1 aliphatic heterocycles. The molecule has 1 atom stereocenters. The maximum atomic E-state index is 13.3. The van der Waals surface area contributed by atoms with Crippen LogP contribution in [0.5, 0.6) is 5.75 Å². The van der Waals surface area contributed by atoms with E-state index >= 15 is 0 Å². The van der Waals surface area contributed by atoms with Crippen molar-refractivity contribution < 1.29 is 23.4 Å². The summed E-state index contributed by atoms with van der Waals surface area (Å²) in [6, 6.07) is 16.9. The van der Waals surface area contributed by atoms with Crippen LogP contribution in [0, 0.1) is 20.8 Å². The summed E-state index contributed by atoms with van der Waals surface area (Å²) in [4.78, 5) is 14.5. The predicted molar refractivity (Wildman–Crippen MR) is 246 cm³/mol. The van der Waals surface area contributed by atoms with Crippen molar-refractivity contribution in [3.05, 3.63) is 94.0 Å². The van der Waals surface area contributed by atoms with E-state index in [4.69, 9.17) is 40.4 Å². The molecule has 0 amide bonds. The molecule has 3 aromatic heterocycles. The summed E-state index contributed by atoms with van der Waals surface area (Å²) in [5.74, 6) is 1.40. The molecule has 0 spiro atoms. The fourth-order valence-corrected chi connectivity index (χ4v) is 10.0. The van der Waals surface area contributed by atoms with Crippen LogP contribution in [0.1, 0.15) is 85.7 Å². The summed E-state index contributed by atoms with van der Waals surface area (Å²) in [7, 11) is -0.600. The van der Waals surface area contributed by atoms with Crippen molar-refractivity contribution in [1.82, 2.24) is 24.1 Å². The first-order chi connectivity index (χ1) is 28.7. The van der Waals surface area contributed by atoms with Crippen molar-refractivity contribution in [2.45, 2.75) is 128 Å². The fourth-order valence-electron chi connectivity index (χ4n) is 7.86. The minimum Gasteiger partial charge on any atom is -0.543 e. The Morgan fingerprint density at radius 3 is 2.57 bits per heavy atom. The molecule has 1 unspecified atom stereocenters. The van der Waals surface area contributed by atoms with Crippen molar-refractivity contribution >= 4 is 59.3 Å². The molecule has 320 valence electrons. The summed E-state index contributed by atoms with van der Waals surface area (Å²) in [6.07, 6.45) is 8.59. The van der Waals surface area contributed by atoms with Gasteiger partial charge in [-0.25, -0.2) is 4.79 Å². The number of hydrogen-bond acceptors (Lipinski definition) is 8. The lowest BCUT2D eigenvalue weighted by molar-refractivity contribution is -0.163. The van der Waals surface area contributed by atoms with Crippen LogP contribution in [-0.4, -0.2) is 65.0 Å². The highest BCUT2D eigenvalue weighted by Gasteiger charge is 2.39. The second-order valence-corrected chi connectivity index (χ2v) is 23.7. The van der Waals surface area contributed by atoms with Gasteiger partial charge in [-0.3, -0.25) is 9.36 Å². The average Bonchev–Trinajstić information content (AvgIpc) is 3.88. The molecule has 0 radical (unpaired) electrons. The lowest BCUT2D eigenvalue weighted by Gasteiger charge is -2.37. The fraction of sp³-hybridized carbons (Fsp3) is 0.468. The molecule has 13 heteroatoms. The summed E-state index contributed by atoms with van der Waals surface area (Å²) in [5.41, 5.74) is 7.29. The molecule has 10 nitrogen and oxygen atoms in total. The molecule has 0 saturated carbocycles. The normalized spacial score (nSPS) is 15.0. The number of halogens is 1. The van der Waals surface area contributed by atoms with Gasteiger partial charge >= 0.3 is 5.97 Å². The summed E-state index contributed by atoms with van der Waals surface area (Å²) in [6.45, 7) is 20.8. The number of esters is 1. The van der Waals surface area contributed by atoms with E-state index in [1.807, 2.05) is 48.6 Å². The van der Waals surface area contributed by atoms with Gasteiger partial charge < -0.3 is 23.2 Å². The minimum absolute atomic E-state index is 0.103. The third-order valence-electron chi connectivity index (χ3n) is 12.3. The van der Waals surface area contributed by atoms with Gasteiger partial charge in [0.1, 0.15) is 11.4 Å². The van der Waals surface area contributed by atoms with E-state index < -0.39 is 8.32 Å². The highest BCUT2D eigenvalue weighted by atomic mass is 35.5. The van der Waals surface area contributed by atoms with Crippen molar-refractivity contribution in [2.24, 2.45) is 0 Å². The number of aromatic nitrogens is 5. The summed E-state index contributed by atoms with van der Waals surface area (Å²) < 4.78 is 30.1. The maximum absolute atomic E-state index is 13.3. The molecule has 1 fully saturated rings. The SMILES string of the molecule is COC(=O)c1c(C)c2c(-c3c(C)c(C)nn3CCCn3cc(CSc4cc(O[Si](C)(C)C(C)(C)C)c5ccccc5c4)cn3)c(Cl)ccc2n1CCCOC1CCCCO1. The Morgan fingerprint density at radius 1 is 1.02 bits per heavy atom. The molecule has 6 aromatic rings. The van der Waals surface area contributed by atoms with Gasteiger partial charge in [-0.1, -0.05) is 56.6 Å². The monoisotopic (exact) mass is 869 g/mol. The van der Waals surface area contributed by atoms with Gasteiger partial charge in [0.05, 0.1) is 36.3 Å². The number of fused-ring (bicyclic) bond motifs is 2. The van der Waals surface area contributed by atoms with Crippen LogP contribution in [0.15, 0.2) is 65.8 Å². The van der Waals surface area contributed by atoms with Gasteiger partial charge in [0.2, 0.25) is 0 Å². The molecule has 0 bridgehead atoms. The third-order valence-corrected chi connectivity index (χ3v) is 18.0. The zero-order valence-corrected chi connectivity index (χ0v) is 39.3. The molecule has 60 heavy (non-hydrogen) atoms. The number of methoxy groups -OCH3 is 1. The number of rotatable bonds is 16. The van der Waals surface area contributed by atoms with E-state index in [0.717, 1.165) is 94.7 Å². The number of aryl methyl sites for hydroxylation is 5. The number of benzene rings is 3. The van der Waals surface area contributed by atoms with Gasteiger partial charge in [0.15, 0.2) is 6.29 Å². The van der Waals surface area contributed by atoms with E-state index in [-0.39, 0.29) is 17.3 Å². The first kappa shape index (κ1) is 44.0.